The molecule has 1 aromatic heterocycles. The molecule has 1 unspecified atom stereocenters. The highest BCUT2D eigenvalue weighted by atomic mass is 79.9. The molecule has 3 heterocycles. The fraction of sp³-hybridized carbons (Fsp3) is 0.458. The Morgan fingerprint density at radius 1 is 1.30 bits per heavy atom. The summed E-state index contributed by atoms with van der Waals surface area (Å²) < 4.78 is 30.8. The number of hydrogen-bond donors (Lipinski definition) is 2. The highest BCUT2D eigenvalue weighted by Gasteiger charge is 2.35. The van der Waals surface area contributed by atoms with Gasteiger partial charge in [-0.3, -0.25) is 19.8 Å². The summed E-state index contributed by atoms with van der Waals surface area (Å²) in [6, 6.07) is 3.42. The van der Waals surface area contributed by atoms with E-state index in [0.29, 0.717) is 65.6 Å². The Morgan fingerprint density at radius 3 is 2.84 bits per heavy atom. The van der Waals surface area contributed by atoms with E-state index in [1.54, 1.807) is 19.9 Å². The average Bonchev–Trinajstić information content (AvgIpc) is 3.42. The number of benzene rings is 1. The zero-order valence-corrected chi connectivity index (χ0v) is 22.1. The van der Waals surface area contributed by atoms with Gasteiger partial charge in [-0.1, -0.05) is 28.9 Å². The predicted molar refractivity (Wildman–Crippen MR) is 134 cm³/mol. The van der Waals surface area contributed by atoms with Gasteiger partial charge in [-0.25, -0.2) is 14.2 Å². The molecule has 0 radical (unpaired) electrons. The number of amidine groups is 1. The van der Waals surface area contributed by atoms with Crippen LogP contribution >= 0.6 is 15.9 Å². The first-order valence-electron chi connectivity index (χ1n) is 11.9. The van der Waals surface area contributed by atoms with Crippen LogP contribution in [0.5, 0.6) is 0 Å². The molecule has 0 amide bonds. The van der Waals surface area contributed by atoms with E-state index >= 15 is 0 Å². The zero-order chi connectivity index (χ0) is 26.4. The number of nitrogens with one attached hydrogen (secondary N) is 2. The maximum absolute atomic E-state index is 13.9. The smallest absolute Gasteiger partial charge is 0.338 e. The number of hydrogen-bond acceptors (Lipinski definition) is 10. The minimum atomic E-state index is -0.805. The molecule has 0 saturated carbocycles. The van der Waals surface area contributed by atoms with Crippen molar-refractivity contribution in [1.29, 1.82) is 0 Å². The quantitative estimate of drug-likeness (QED) is 0.430. The van der Waals surface area contributed by atoms with Crippen LogP contribution < -0.4 is 5.32 Å². The molecule has 0 bridgehead atoms. The Bertz CT molecular complexity index is 1190. The van der Waals surface area contributed by atoms with Gasteiger partial charge in [-0.05, 0) is 24.6 Å². The number of carbonyl (C=O) groups is 2. The third kappa shape index (κ3) is 6.59. The van der Waals surface area contributed by atoms with Crippen LogP contribution in [0.15, 0.2) is 45.3 Å². The van der Waals surface area contributed by atoms with Gasteiger partial charge in [0.15, 0.2) is 5.84 Å². The Kier molecular flexibility index (Phi) is 9.00. The van der Waals surface area contributed by atoms with E-state index < -0.39 is 17.8 Å². The Morgan fingerprint density at radius 2 is 2.14 bits per heavy atom. The highest BCUT2D eigenvalue weighted by molar-refractivity contribution is 9.10. The number of aliphatic imine (C=N–C) groups is 1. The second-order valence-electron chi connectivity index (χ2n) is 8.37. The minimum Gasteiger partial charge on any atom is -0.463 e. The van der Waals surface area contributed by atoms with Crippen molar-refractivity contribution >= 4 is 33.7 Å². The number of ether oxygens (including phenoxy) is 3. The van der Waals surface area contributed by atoms with Crippen molar-refractivity contribution in [3.05, 3.63) is 57.5 Å². The van der Waals surface area contributed by atoms with Crippen molar-refractivity contribution in [2.45, 2.75) is 32.4 Å². The van der Waals surface area contributed by atoms with Gasteiger partial charge in [-0.15, -0.1) is 0 Å². The lowest BCUT2D eigenvalue weighted by Crippen LogP contribution is -2.48. The van der Waals surface area contributed by atoms with Crippen LogP contribution in [0, 0.1) is 5.82 Å². The largest absolute Gasteiger partial charge is 0.463 e. The maximum atomic E-state index is 13.9. The molecule has 2 aliphatic rings. The molecule has 13 heteroatoms. The molecule has 2 atom stereocenters. The number of nitrogens with zero attached hydrogens (tertiary/aromatic N) is 4. The van der Waals surface area contributed by atoms with Gasteiger partial charge < -0.3 is 19.5 Å². The monoisotopic (exact) mass is 578 g/mol. The lowest BCUT2D eigenvalue weighted by atomic mass is 9.95. The number of morpholine rings is 1. The van der Waals surface area contributed by atoms with E-state index in [2.05, 4.69) is 41.3 Å². The summed E-state index contributed by atoms with van der Waals surface area (Å²) in [5.41, 5.74) is 1.44. The number of H-pyrrole nitrogens is 1. The van der Waals surface area contributed by atoms with Crippen molar-refractivity contribution in [3.8, 4) is 0 Å². The Hall–Kier alpha value is -3.16. The number of aromatic nitrogens is 3. The molecule has 4 rings (SSSR count). The van der Waals surface area contributed by atoms with Crippen LogP contribution in [-0.2, 0) is 23.8 Å². The summed E-state index contributed by atoms with van der Waals surface area (Å²) in [5, 5.41) is 10.0. The zero-order valence-electron chi connectivity index (χ0n) is 20.5. The van der Waals surface area contributed by atoms with Gasteiger partial charge in [0.1, 0.15) is 30.9 Å². The molecular weight excluding hydrogens is 551 g/mol. The minimum absolute atomic E-state index is 0.148. The lowest BCUT2D eigenvalue weighted by Gasteiger charge is -2.35. The van der Waals surface area contributed by atoms with Crippen LogP contribution in [0.25, 0.3) is 0 Å². The summed E-state index contributed by atoms with van der Waals surface area (Å²) in [6.45, 7) is 5.62. The molecule has 2 aromatic rings. The number of rotatable bonds is 9. The van der Waals surface area contributed by atoms with Gasteiger partial charge >= 0.3 is 11.9 Å². The van der Waals surface area contributed by atoms with Crippen LogP contribution in [0.2, 0.25) is 0 Å². The Labute approximate surface area is 221 Å². The van der Waals surface area contributed by atoms with E-state index in [1.807, 2.05) is 0 Å². The molecule has 2 N–H and O–H groups in total. The van der Waals surface area contributed by atoms with Gasteiger partial charge in [0, 0.05) is 36.2 Å². The second-order valence-corrected chi connectivity index (χ2v) is 9.23. The molecule has 0 aliphatic carbocycles. The topological polar surface area (TPSA) is 131 Å². The highest BCUT2D eigenvalue weighted by Crippen LogP contribution is 2.36. The summed E-state index contributed by atoms with van der Waals surface area (Å²) >= 11 is 3.42. The number of esters is 2. The number of halogens is 2. The van der Waals surface area contributed by atoms with Crippen molar-refractivity contribution in [1.82, 2.24) is 25.4 Å². The molecule has 11 nitrogen and oxygen atoms in total. The van der Waals surface area contributed by atoms with Crippen LogP contribution in [0.3, 0.4) is 0 Å². The van der Waals surface area contributed by atoms with E-state index in [-0.39, 0.29) is 25.3 Å². The molecule has 198 valence electrons. The van der Waals surface area contributed by atoms with E-state index in [0.717, 1.165) is 0 Å². The molecule has 37 heavy (non-hydrogen) atoms. The van der Waals surface area contributed by atoms with Crippen LogP contribution in [-0.4, -0.2) is 83.4 Å². The van der Waals surface area contributed by atoms with Crippen LogP contribution in [0.4, 0.5) is 4.39 Å². The summed E-state index contributed by atoms with van der Waals surface area (Å²) in [7, 11) is 0. The standard InChI is InChI=1S/C24H28BrFN6O5/c1-3-19(33)37-12-15-10-32(7-8-36-15)11-18-20(24(34)35-4-2)21(16-6-5-14(26)9-17(16)25)30-23(29-18)22-27-13-28-31-22/h5-6,9,13,15,21H,3-4,7-8,10-12H2,1-2H3,(H,29,30)(H,27,28,31)/t15-,21?/m1/s1. The van der Waals surface area contributed by atoms with Crippen molar-refractivity contribution in [2.24, 2.45) is 4.99 Å². The first-order valence-corrected chi connectivity index (χ1v) is 12.7. The maximum Gasteiger partial charge on any atom is 0.338 e. The second kappa shape index (κ2) is 12.4. The molecule has 1 aromatic carbocycles. The summed E-state index contributed by atoms with van der Waals surface area (Å²) in [4.78, 5) is 35.9. The molecule has 1 fully saturated rings. The molecule has 0 spiro atoms. The molecular formula is C24H28BrFN6O5. The third-order valence-corrected chi connectivity index (χ3v) is 6.52. The van der Waals surface area contributed by atoms with E-state index in [9.17, 15) is 14.0 Å². The predicted octanol–water partition coefficient (Wildman–Crippen LogP) is 2.27. The average molecular weight is 579 g/mol. The number of aromatic amines is 1. The Balaban J connectivity index is 1.69. The molecule has 1 saturated heterocycles. The van der Waals surface area contributed by atoms with Crippen molar-refractivity contribution < 1.29 is 28.2 Å². The van der Waals surface area contributed by atoms with Crippen molar-refractivity contribution in [3.63, 3.8) is 0 Å². The van der Waals surface area contributed by atoms with Gasteiger partial charge in [0.2, 0.25) is 5.82 Å². The SMILES string of the molecule is CCOC(=O)C1=C(CN2CCO[C@@H](COC(=O)CC)C2)NC(c2nc[nH]n2)=NC1c1ccc(F)cc1Br. The van der Waals surface area contributed by atoms with E-state index in [4.69, 9.17) is 19.2 Å². The summed E-state index contributed by atoms with van der Waals surface area (Å²) in [6.07, 6.45) is 1.42. The van der Waals surface area contributed by atoms with E-state index in [1.165, 1.54) is 18.5 Å². The number of carbonyl (C=O) groups excluding carboxylic acids is 2. The summed E-state index contributed by atoms with van der Waals surface area (Å²) in [5.74, 6) is -0.581. The fourth-order valence-electron chi connectivity index (χ4n) is 4.09. The normalized spacial score (nSPS) is 20.3. The van der Waals surface area contributed by atoms with Crippen LogP contribution in [0.1, 0.15) is 37.7 Å². The first kappa shape index (κ1) is 26.9. The van der Waals surface area contributed by atoms with Gasteiger partial charge in [-0.2, -0.15) is 5.10 Å². The van der Waals surface area contributed by atoms with Crippen molar-refractivity contribution in [2.75, 3.05) is 39.5 Å². The van der Waals surface area contributed by atoms with Gasteiger partial charge in [0.25, 0.3) is 0 Å². The first-order chi connectivity index (χ1) is 17.9. The van der Waals surface area contributed by atoms with Gasteiger partial charge in [0.05, 0.1) is 18.8 Å². The fourth-order valence-corrected chi connectivity index (χ4v) is 4.66. The third-order valence-electron chi connectivity index (χ3n) is 5.83. The lowest BCUT2D eigenvalue weighted by molar-refractivity contribution is -0.150. The molecule has 2 aliphatic heterocycles.